The van der Waals surface area contributed by atoms with Gasteiger partial charge in [0.2, 0.25) is 5.91 Å². The van der Waals surface area contributed by atoms with E-state index in [1.54, 1.807) is 14.0 Å². The minimum atomic E-state index is -0.380. The number of benzene rings is 1. The van der Waals surface area contributed by atoms with E-state index >= 15 is 0 Å². The van der Waals surface area contributed by atoms with Crippen LogP contribution in [0.3, 0.4) is 0 Å². The van der Waals surface area contributed by atoms with Crippen LogP contribution in [0, 0.1) is 0 Å². The molecule has 3 nitrogen and oxygen atoms in total. The Labute approximate surface area is 103 Å². The van der Waals surface area contributed by atoms with Crippen molar-refractivity contribution >= 4 is 5.91 Å². The summed E-state index contributed by atoms with van der Waals surface area (Å²) >= 11 is 0. The Hall–Kier alpha value is -1.35. The van der Waals surface area contributed by atoms with Crippen LogP contribution in [-0.4, -0.2) is 25.2 Å². The molecule has 0 aliphatic rings. The number of aryl methyl sites for hydroxylation is 1. The van der Waals surface area contributed by atoms with E-state index in [9.17, 15) is 4.79 Å². The maximum atomic E-state index is 11.6. The van der Waals surface area contributed by atoms with Crippen molar-refractivity contribution in [3.05, 3.63) is 35.9 Å². The zero-order valence-electron chi connectivity index (χ0n) is 10.8. The van der Waals surface area contributed by atoms with Gasteiger partial charge < -0.3 is 10.1 Å². The summed E-state index contributed by atoms with van der Waals surface area (Å²) in [4.78, 5) is 11.6. The number of nitrogens with one attached hydrogen (secondary N) is 1. The number of amides is 1. The van der Waals surface area contributed by atoms with Gasteiger partial charge in [0.05, 0.1) is 0 Å². The Kier molecular flexibility index (Phi) is 5.70. The van der Waals surface area contributed by atoms with Crippen molar-refractivity contribution in [2.75, 3.05) is 7.11 Å². The highest BCUT2D eigenvalue weighted by Crippen LogP contribution is 2.05. The van der Waals surface area contributed by atoms with Gasteiger partial charge in [-0.15, -0.1) is 0 Å². The van der Waals surface area contributed by atoms with Crippen LogP contribution < -0.4 is 5.32 Å². The molecular weight excluding hydrogens is 214 g/mol. The molecule has 17 heavy (non-hydrogen) atoms. The van der Waals surface area contributed by atoms with E-state index in [1.807, 2.05) is 25.1 Å². The molecule has 1 rings (SSSR count). The lowest BCUT2D eigenvalue weighted by molar-refractivity contribution is -0.130. The number of methoxy groups -OCH3 is 1. The van der Waals surface area contributed by atoms with Gasteiger partial charge in [-0.1, -0.05) is 30.3 Å². The van der Waals surface area contributed by atoms with Crippen LogP contribution in [0.25, 0.3) is 0 Å². The lowest BCUT2D eigenvalue weighted by Gasteiger charge is -2.16. The molecule has 0 bridgehead atoms. The number of hydrogen-bond donors (Lipinski definition) is 1. The second-order valence-electron chi connectivity index (χ2n) is 4.31. The average molecular weight is 235 g/mol. The summed E-state index contributed by atoms with van der Waals surface area (Å²) in [6.45, 7) is 3.77. The number of carbonyl (C=O) groups is 1. The van der Waals surface area contributed by atoms with E-state index in [1.165, 1.54) is 5.56 Å². The molecule has 94 valence electrons. The molecule has 0 radical (unpaired) electrons. The van der Waals surface area contributed by atoms with Gasteiger partial charge in [0, 0.05) is 13.2 Å². The molecule has 0 aromatic heterocycles. The predicted molar refractivity (Wildman–Crippen MR) is 68.8 cm³/mol. The normalized spacial score (nSPS) is 14.1. The first-order valence-electron chi connectivity index (χ1n) is 6.00. The number of hydrogen-bond acceptors (Lipinski definition) is 2. The van der Waals surface area contributed by atoms with Crippen LogP contribution in [0.5, 0.6) is 0 Å². The fraction of sp³-hybridized carbons (Fsp3) is 0.500. The van der Waals surface area contributed by atoms with E-state index in [2.05, 4.69) is 17.4 Å². The van der Waals surface area contributed by atoms with Crippen molar-refractivity contribution < 1.29 is 9.53 Å². The Morgan fingerprint density at radius 2 is 1.94 bits per heavy atom. The molecular formula is C14H21NO2. The van der Waals surface area contributed by atoms with Crippen molar-refractivity contribution in [1.29, 1.82) is 0 Å². The number of rotatable bonds is 6. The monoisotopic (exact) mass is 235 g/mol. The van der Waals surface area contributed by atoms with E-state index in [0.29, 0.717) is 0 Å². The predicted octanol–water partition coefficient (Wildman–Crippen LogP) is 2.16. The molecule has 0 fully saturated rings. The van der Waals surface area contributed by atoms with E-state index < -0.39 is 0 Å². The first-order chi connectivity index (χ1) is 8.13. The van der Waals surface area contributed by atoms with Crippen LogP contribution >= 0.6 is 0 Å². The lowest BCUT2D eigenvalue weighted by Crippen LogP contribution is -2.39. The summed E-state index contributed by atoms with van der Waals surface area (Å²) < 4.78 is 4.96. The average Bonchev–Trinajstić information content (AvgIpc) is 2.36. The van der Waals surface area contributed by atoms with Gasteiger partial charge in [0.1, 0.15) is 6.10 Å². The molecule has 0 saturated heterocycles. The fourth-order valence-electron chi connectivity index (χ4n) is 1.57. The Bertz CT molecular complexity index is 337. The molecule has 1 aromatic rings. The van der Waals surface area contributed by atoms with Crippen LogP contribution in [0.2, 0.25) is 0 Å². The first-order valence-corrected chi connectivity index (χ1v) is 6.00. The summed E-state index contributed by atoms with van der Waals surface area (Å²) in [5.41, 5.74) is 1.30. The van der Waals surface area contributed by atoms with Gasteiger partial charge in [-0.25, -0.2) is 0 Å². The van der Waals surface area contributed by atoms with Gasteiger partial charge in [-0.05, 0) is 32.3 Å². The zero-order chi connectivity index (χ0) is 12.7. The van der Waals surface area contributed by atoms with Crippen LogP contribution in [0.4, 0.5) is 0 Å². The van der Waals surface area contributed by atoms with Gasteiger partial charge >= 0.3 is 0 Å². The van der Waals surface area contributed by atoms with Crippen LogP contribution in [-0.2, 0) is 16.0 Å². The standard InChI is InChI=1S/C14H21NO2/c1-11(15-14(16)12(2)17-3)9-10-13-7-5-4-6-8-13/h4-8,11-12H,9-10H2,1-3H3,(H,15,16). The topological polar surface area (TPSA) is 38.3 Å². The summed E-state index contributed by atoms with van der Waals surface area (Å²) in [7, 11) is 1.54. The maximum Gasteiger partial charge on any atom is 0.249 e. The van der Waals surface area contributed by atoms with Crippen molar-refractivity contribution in [3.8, 4) is 0 Å². The molecule has 0 heterocycles. The first kappa shape index (κ1) is 13.7. The Morgan fingerprint density at radius 1 is 1.29 bits per heavy atom. The Balaban J connectivity index is 2.30. The quantitative estimate of drug-likeness (QED) is 0.820. The molecule has 0 spiro atoms. The molecule has 2 unspecified atom stereocenters. The van der Waals surface area contributed by atoms with E-state index in [-0.39, 0.29) is 18.1 Å². The van der Waals surface area contributed by atoms with Crippen molar-refractivity contribution in [3.63, 3.8) is 0 Å². The number of ether oxygens (including phenoxy) is 1. The molecule has 3 heteroatoms. The third-order valence-electron chi connectivity index (χ3n) is 2.82. The van der Waals surface area contributed by atoms with Gasteiger partial charge in [0.25, 0.3) is 0 Å². The minimum Gasteiger partial charge on any atom is -0.372 e. The van der Waals surface area contributed by atoms with Crippen LogP contribution in [0.15, 0.2) is 30.3 Å². The molecule has 1 N–H and O–H groups in total. The summed E-state index contributed by atoms with van der Waals surface area (Å²) in [6, 6.07) is 10.4. The summed E-state index contributed by atoms with van der Waals surface area (Å²) in [5.74, 6) is -0.0481. The smallest absolute Gasteiger partial charge is 0.249 e. The van der Waals surface area contributed by atoms with E-state index in [0.717, 1.165) is 12.8 Å². The van der Waals surface area contributed by atoms with Gasteiger partial charge in [-0.3, -0.25) is 4.79 Å². The Morgan fingerprint density at radius 3 is 2.53 bits per heavy atom. The van der Waals surface area contributed by atoms with Crippen molar-refractivity contribution in [2.45, 2.75) is 38.8 Å². The highest BCUT2D eigenvalue weighted by molar-refractivity contribution is 5.80. The largest absolute Gasteiger partial charge is 0.372 e. The van der Waals surface area contributed by atoms with Gasteiger partial charge in [0.15, 0.2) is 0 Å². The summed E-state index contributed by atoms with van der Waals surface area (Å²) in [6.07, 6.45) is 1.53. The molecule has 2 atom stereocenters. The third-order valence-corrected chi connectivity index (χ3v) is 2.82. The molecule has 1 aromatic carbocycles. The highest BCUT2D eigenvalue weighted by atomic mass is 16.5. The molecule has 0 aliphatic heterocycles. The third kappa shape index (κ3) is 5.00. The minimum absolute atomic E-state index is 0.0481. The maximum absolute atomic E-state index is 11.6. The molecule has 0 aliphatic carbocycles. The molecule has 0 saturated carbocycles. The van der Waals surface area contributed by atoms with E-state index in [4.69, 9.17) is 4.74 Å². The van der Waals surface area contributed by atoms with Gasteiger partial charge in [-0.2, -0.15) is 0 Å². The second-order valence-corrected chi connectivity index (χ2v) is 4.31. The summed E-state index contributed by atoms with van der Waals surface area (Å²) in [5, 5.41) is 2.94. The fourth-order valence-corrected chi connectivity index (χ4v) is 1.57. The SMILES string of the molecule is COC(C)C(=O)NC(C)CCc1ccccc1. The molecule has 1 amide bonds. The van der Waals surface area contributed by atoms with Crippen molar-refractivity contribution in [2.24, 2.45) is 0 Å². The highest BCUT2D eigenvalue weighted by Gasteiger charge is 2.13. The second kappa shape index (κ2) is 7.07. The van der Waals surface area contributed by atoms with Crippen LogP contribution in [0.1, 0.15) is 25.8 Å². The zero-order valence-corrected chi connectivity index (χ0v) is 10.8. The lowest BCUT2D eigenvalue weighted by atomic mass is 10.1. The van der Waals surface area contributed by atoms with Crippen molar-refractivity contribution in [1.82, 2.24) is 5.32 Å². The number of carbonyl (C=O) groups excluding carboxylic acids is 1.